The van der Waals surface area contributed by atoms with Gasteiger partial charge in [0.1, 0.15) is 0 Å². The Kier molecular flexibility index (Phi) is 5.17. The summed E-state index contributed by atoms with van der Waals surface area (Å²) in [5.74, 6) is -1.58. The predicted octanol–water partition coefficient (Wildman–Crippen LogP) is 1.34. The van der Waals surface area contributed by atoms with Crippen LogP contribution in [0.15, 0.2) is 9.98 Å². The first-order chi connectivity index (χ1) is 10.6. The van der Waals surface area contributed by atoms with Crippen molar-refractivity contribution in [1.29, 1.82) is 0 Å². The fourth-order valence-electron chi connectivity index (χ4n) is 3.58. The van der Waals surface area contributed by atoms with E-state index >= 15 is 0 Å². The van der Waals surface area contributed by atoms with Gasteiger partial charge in [0.15, 0.2) is 0 Å². The molecule has 0 radical (unpaired) electrons. The minimum absolute atomic E-state index is 0.0718. The van der Waals surface area contributed by atoms with Gasteiger partial charge in [0, 0.05) is 29.5 Å². The maximum Gasteiger partial charge on any atom is 0.413 e. The Balaban J connectivity index is 1.72. The van der Waals surface area contributed by atoms with E-state index < -0.39 is 10.7 Å². The van der Waals surface area contributed by atoms with Gasteiger partial charge in [-0.05, 0) is 40.5 Å². The highest BCUT2D eigenvalue weighted by Crippen LogP contribution is 2.28. The summed E-state index contributed by atoms with van der Waals surface area (Å²) < 4.78 is 5.53. The molecule has 1 fully saturated rings. The molecule has 0 spiro atoms. The molecule has 0 atom stereocenters. The van der Waals surface area contributed by atoms with Gasteiger partial charge in [0.05, 0.1) is 24.7 Å². The summed E-state index contributed by atoms with van der Waals surface area (Å²) in [6.07, 6.45) is 4.87. The summed E-state index contributed by atoms with van der Waals surface area (Å²) in [4.78, 5) is 18.3. The molecule has 0 aromatic carbocycles. The Labute approximate surface area is 136 Å². The van der Waals surface area contributed by atoms with Gasteiger partial charge in [0.2, 0.25) is 0 Å². The molecule has 8 heteroatoms. The Morgan fingerprint density at radius 1 is 1.26 bits per heavy atom. The summed E-state index contributed by atoms with van der Waals surface area (Å²) in [5.41, 5.74) is 0.144. The van der Waals surface area contributed by atoms with E-state index in [2.05, 4.69) is 48.3 Å². The standard InChI is InChI=1S/C15H27N5O3/c1-13(2)9-12(10-14(3,4)19-13)16-11-23-8-5-15(20(21)22)17-6-7-18-15/h6-7,12,16,19H,5,8-11H2,1-4H3. The van der Waals surface area contributed by atoms with Crippen molar-refractivity contribution in [3.63, 3.8) is 0 Å². The van der Waals surface area contributed by atoms with Crippen LogP contribution in [0.2, 0.25) is 0 Å². The number of nitrogens with zero attached hydrogens (tertiary/aromatic N) is 3. The topological polar surface area (TPSA) is 101 Å². The second-order valence-corrected chi connectivity index (χ2v) is 7.59. The van der Waals surface area contributed by atoms with Crippen LogP contribution >= 0.6 is 0 Å². The Hall–Kier alpha value is -1.38. The van der Waals surface area contributed by atoms with Gasteiger partial charge in [-0.1, -0.05) is 0 Å². The molecule has 0 aromatic heterocycles. The highest BCUT2D eigenvalue weighted by molar-refractivity contribution is 6.17. The summed E-state index contributed by atoms with van der Waals surface area (Å²) >= 11 is 0. The van der Waals surface area contributed by atoms with E-state index in [-0.39, 0.29) is 24.1 Å². The van der Waals surface area contributed by atoms with Crippen molar-refractivity contribution >= 4 is 12.4 Å². The zero-order valence-corrected chi connectivity index (χ0v) is 14.3. The van der Waals surface area contributed by atoms with Crippen molar-refractivity contribution in [2.24, 2.45) is 9.98 Å². The first kappa shape index (κ1) is 18.0. The molecule has 0 unspecified atom stereocenters. The molecule has 8 nitrogen and oxygen atoms in total. The van der Waals surface area contributed by atoms with Crippen LogP contribution in [0.5, 0.6) is 0 Å². The minimum atomic E-state index is -1.58. The predicted molar refractivity (Wildman–Crippen MR) is 89.6 cm³/mol. The molecule has 2 aliphatic rings. The third-order valence-corrected chi connectivity index (χ3v) is 4.17. The summed E-state index contributed by atoms with van der Waals surface area (Å²) in [6, 6.07) is 0.355. The van der Waals surface area contributed by atoms with E-state index in [0.717, 1.165) is 12.8 Å². The first-order valence-electron chi connectivity index (χ1n) is 7.98. The summed E-state index contributed by atoms with van der Waals surface area (Å²) in [5, 5.41) is 18.1. The Morgan fingerprint density at radius 3 is 2.35 bits per heavy atom. The second-order valence-electron chi connectivity index (χ2n) is 7.59. The molecule has 2 N–H and O–H groups in total. The van der Waals surface area contributed by atoms with Crippen molar-refractivity contribution < 1.29 is 9.66 Å². The third-order valence-electron chi connectivity index (χ3n) is 4.17. The molecule has 130 valence electrons. The van der Waals surface area contributed by atoms with Crippen LogP contribution in [0.1, 0.15) is 47.0 Å². The van der Waals surface area contributed by atoms with Gasteiger partial charge in [-0.3, -0.25) is 15.4 Å². The van der Waals surface area contributed by atoms with Gasteiger partial charge in [-0.2, -0.15) is 9.98 Å². The molecular weight excluding hydrogens is 298 g/mol. The number of rotatable bonds is 7. The second kappa shape index (κ2) is 6.62. The number of nitrogens with one attached hydrogen (secondary N) is 2. The lowest BCUT2D eigenvalue weighted by Gasteiger charge is -2.46. The summed E-state index contributed by atoms with van der Waals surface area (Å²) in [6.45, 7) is 9.39. The lowest BCUT2D eigenvalue weighted by molar-refractivity contribution is -0.566. The van der Waals surface area contributed by atoms with E-state index in [4.69, 9.17) is 4.74 Å². The quantitative estimate of drug-likeness (QED) is 0.318. The molecule has 0 aliphatic carbocycles. The molecule has 2 heterocycles. The van der Waals surface area contributed by atoms with E-state index in [1.165, 1.54) is 12.4 Å². The summed E-state index contributed by atoms with van der Waals surface area (Å²) in [7, 11) is 0. The highest BCUT2D eigenvalue weighted by atomic mass is 16.6. The van der Waals surface area contributed by atoms with E-state index in [0.29, 0.717) is 12.8 Å². The zero-order chi connectivity index (χ0) is 17.1. The van der Waals surface area contributed by atoms with Gasteiger partial charge >= 0.3 is 5.79 Å². The van der Waals surface area contributed by atoms with E-state index in [9.17, 15) is 10.1 Å². The van der Waals surface area contributed by atoms with Gasteiger partial charge in [-0.15, -0.1) is 0 Å². The number of ether oxygens (including phenoxy) is 1. The fraction of sp³-hybridized carbons (Fsp3) is 0.867. The minimum Gasteiger partial charge on any atom is -0.366 e. The van der Waals surface area contributed by atoms with Crippen LogP contribution in [-0.2, 0) is 4.74 Å². The van der Waals surface area contributed by atoms with Crippen molar-refractivity contribution in [2.75, 3.05) is 13.3 Å². The maximum absolute atomic E-state index is 11.1. The highest BCUT2D eigenvalue weighted by Gasteiger charge is 2.43. The Bertz CT molecular complexity index is 473. The number of hydrogen-bond acceptors (Lipinski definition) is 7. The maximum atomic E-state index is 11.1. The van der Waals surface area contributed by atoms with Gasteiger partial charge in [-0.25, -0.2) is 0 Å². The molecule has 23 heavy (non-hydrogen) atoms. The fourth-order valence-corrected chi connectivity index (χ4v) is 3.58. The largest absolute Gasteiger partial charge is 0.413 e. The van der Waals surface area contributed by atoms with Crippen LogP contribution in [0.4, 0.5) is 0 Å². The lowest BCUT2D eigenvalue weighted by atomic mass is 9.80. The molecule has 2 rings (SSSR count). The molecule has 0 saturated carbocycles. The van der Waals surface area contributed by atoms with Crippen LogP contribution < -0.4 is 10.6 Å². The normalized spacial score (nSPS) is 24.9. The van der Waals surface area contributed by atoms with E-state index in [1.54, 1.807) is 0 Å². The molecule has 1 saturated heterocycles. The van der Waals surface area contributed by atoms with Crippen molar-refractivity contribution in [3.05, 3.63) is 10.1 Å². The smallest absolute Gasteiger partial charge is 0.366 e. The molecular formula is C15H27N5O3. The number of aliphatic imine (C=N–C) groups is 2. The van der Waals surface area contributed by atoms with Crippen molar-refractivity contribution in [1.82, 2.24) is 10.6 Å². The van der Waals surface area contributed by atoms with Crippen molar-refractivity contribution in [3.8, 4) is 0 Å². The average molecular weight is 325 g/mol. The van der Waals surface area contributed by atoms with Gasteiger partial charge < -0.3 is 10.1 Å². The monoisotopic (exact) mass is 325 g/mol. The number of nitro groups is 1. The van der Waals surface area contributed by atoms with Crippen LogP contribution in [-0.4, -0.2) is 53.6 Å². The average Bonchev–Trinajstić information content (AvgIpc) is 2.84. The molecule has 0 amide bonds. The third kappa shape index (κ3) is 4.79. The van der Waals surface area contributed by atoms with E-state index in [1.807, 2.05) is 0 Å². The number of piperidine rings is 1. The van der Waals surface area contributed by atoms with Gasteiger partial charge in [0.25, 0.3) is 0 Å². The van der Waals surface area contributed by atoms with Crippen LogP contribution in [0, 0.1) is 10.1 Å². The molecule has 0 bridgehead atoms. The molecule has 0 aromatic rings. The van der Waals surface area contributed by atoms with Crippen LogP contribution in [0.3, 0.4) is 0 Å². The van der Waals surface area contributed by atoms with Crippen LogP contribution in [0.25, 0.3) is 0 Å². The zero-order valence-electron chi connectivity index (χ0n) is 14.3. The SMILES string of the molecule is CC1(C)CC(NCOCCC2([N+](=O)[O-])N=CC=N2)CC(C)(C)N1. The lowest BCUT2D eigenvalue weighted by Crippen LogP contribution is -2.61. The Morgan fingerprint density at radius 2 is 1.83 bits per heavy atom. The number of hydrogen-bond donors (Lipinski definition) is 2. The molecule has 2 aliphatic heterocycles. The first-order valence-corrected chi connectivity index (χ1v) is 7.98. The van der Waals surface area contributed by atoms with Crippen molar-refractivity contribution in [2.45, 2.75) is 69.9 Å².